The fourth-order valence-corrected chi connectivity index (χ4v) is 4.24. The number of nitrogens with zero attached hydrogens (tertiary/aromatic N) is 2. The first kappa shape index (κ1) is 18.3. The van der Waals surface area contributed by atoms with Crippen molar-refractivity contribution in [3.05, 3.63) is 0 Å². The predicted octanol–water partition coefficient (Wildman–Crippen LogP) is 0.346. The smallest absolute Gasteiger partial charge is 0.322 e. The maximum atomic E-state index is 12.5. The van der Waals surface area contributed by atoms with Crippen molar-refractivity contribution < 1.29 is 18.3 Å². The van der Waals surface area contributed by atoms with Gasteiger partial charge in [-0.1, -0.05) is 13.8 Å². The summed E-state index contributed by atoms with van der Waals surface area (Å²) in [4.78, 5) is 13.2. The van der Waals surface area contributed by atoms with Gasteiger partial charge in [-0.3, -0.25) is 4.79 Å². The molecule has 2 N–H and O–H groups in total. The summed E-state index contributed by atoms with van der Waals surface area (Å²) >= 11 is 0. The molecule has 1 aliphatic rings. The van der Waals surface area contributed by atoms with Gasteiger partial charge in [-0.15, -0.1) is 0 Å². The van der Waals surface area contributed by atoms with Crippen LogP contribution in [0, 0.1) is 5.92 Å². The standard InChI is InChI=1S/C13H27N3O4S/c1-10(2)11(9-15(3)4)14-21(19,20)16-8-6-5-7-12(16)13(17)18/h10-12,14H,5-9H2,1-4H3,(H,17,18). The largest absolute Gasteiger partial charge is 0.480 e. The minimum atomic E-state index is -3.79. The second-order valence-electron chi connectivity index (χ2n) is 6.20. The average molecular weight is 321 g/mol. The van der Waals surface area contributed by atoms with Crippen molar-refractivity contribution in [2.75, 3.05) is 27.2 Å². The summed E-state index contributed by atoms with van der Waals surface area (Å²) in [7, 11) is -0.0324. The molecule has 0 saturated carbocycles. The molecule has 124 valence electrons. The molecule has 1 aliphatic heterocycles. The van der Waals surface area contributed by atoms with Crippen LogP contribution in [0.25, 0.3) is 0 Å². The first-order chi connectivity index (χ1) is 9.65. The number of rotatable bonds is 7. The van der Waals surface area contributed by atoms with Crippen molar-refractivity contribution >= 4 is 16.2 Å². The van der Waals surface area contributed by atoms with E-state index < -0.39 is 22.2 Å². The Labute approximate surface area is 127 Å². The van der Waals surface area contributed by atoms with E-state index in [1.54, 1.807) is 0 Å². The van der Waals surface area contributed by atoms with E-state index in [0.717, 1.165) is 10.7 Å². The third-order valence-corrected chi connectivity index (χ3v) is 5.37. The molecular formula is C13H27N3O4S. The van der Waals surface area contributed by atoms with Gasteiger partial charge in [0.2, 0.25) is 0 Å². The number of hydrogen-bond donors (Lipinski definition) is 2. The zero-order valence-electron chi connectivity index (χ0n) is 13.2. The van der Waals surface area contributed by atoms with Gasteiger partial charge in [0, 0.05) is 19.1 Å². The van der Waals surface area contributed by atoms with Crippen LogP contribution >= 0.6 is 0 Å². The van der Waals surface area contributed by atoms with Gasteiger partial charge in [0.15, 0.2) is 0 Å². The lowest BCUT2D eigenvalue weighted by Crippen LogP contribution is -2.56. The molecule has 0 radical (unpaired) electrons. The Morgan fingerprint density at radius 3 is 2.48 bits per heavy atom. The predicted molar refractivity (Wildman–Crippen MR) is 81.2 cm³/mol. The van der Waals surface area contributed by atoms with Crippen molar-refractivity contribution in [3.63, 3.8) is 0 Å². The first-order valence-electron chi connectivity index (χ1n) is 7.31. The summed E-state index contributed by atoms with van der Waals surface area (Å²) in [6, 6.07) is -1.20. The van der Waals surface area contributed by atoms with E-state index in [9.17, 15) is 18.3 Å². The molecule has 0 aliphatic carbocycles. The Hall–Kier alpha value is -0.700. The molecule has 2 unspecified atom stereocenters. The zero-order chi connectivity index (χ0) is 16.2. The van der Waals surface area contributed by atoms with E-state index in [-0.39, 0.29) is 18.5 Å². The molecule has 21 heavy (non-hydrogen) atoms. The number of likely N-dealkylation sites (N-methyl/N-ethyl adjacent to an activating group) is 1. The molecule has 0 aromatic rings. The van der Waals surface area contributed by atoms with Gasteiger partial charge in [0.05, 0.1) is 0 Å². The Morgan fingerprint density at radius 1 is 1.38 bits per heavy atom. The molecule has 0 bridgehead atoms. The Bertz CT molecular complexity index is 450. The van der Waals surface area contributed by atoms with Crippen LogP contribution in [0.15, 0.2) is 0 Å². The second-order valence-corrected chi connectivity index (χ2v) is 7.85. The summed E-state index contributed by atoms with van der Waals surface area (Å²) in [5.74, 6) is -0.955. The molecule has 1 saturated heterocycles. The molecule has 0 spiro atoms. The maximum absolute atomic E-state index is 12.5. The lowest BCUT2D eigenvalue weighted by Gasteiger charge is -2.34. The third-order valence-electron chi connectivity index (χ3n) is 3.71. The van der Waals surface area contributed by atoms with Crippen molar-refractivity contribution in [1.82, 2.24) is 13.9 Å². The van der Waals surface area contributed by atoms with Gasteiger partial charge in [0.25, 0.3) is 10.2 Å². The molecule has 0 aromatic carbocycles. The number of carbonyl (C=O) groups is 1. The molecule has 1 rings (SSSR count). The molecule has 0 aromatic heterocycles. The Kier molecular flexibility index (Phi) is 6.58. The topological polar surface area (TPSA) is 90.0 Å². The van der Waals surface area contributed by atoms with E-state index in [1.807, 2.05) is 32.8 Å². The molecule has 8 heteroatoms. The highest BCUT2D eigenvalue weighted by atomic mass is 32.2. The number of hydrogen-bond acceptors (Lipinski definition) is 4. The summed E-state index contributed by atoms with van der Waals surface area (Å²) in [6.45, 7) is 4.73. The summed E-state index contributed by atoms with van der Waals surface area (Å²) < 4.78 is 28.8. The second kappa shape index (κ2) is 7.53. The van der Waals surface area contributed by atoms with Crippen molar-refractivity contribution in [2.24, 2.45) is 5.92 Å². The quantitative estimate of drug-likeness (QED) is 0.706. The van der Waals surface area contributed by atoms with Gasteiger partial charge in [-0.2, -0.15) is 17.4 Å². The van der Waals surface area contributed by atoms with Crippen LogP contribution in [0.4, 0.5) is 0 Å². The Balaban J connectivity index is 2.89. The van der Waals surface area contributed by atoms with Crippen molar-refractivity contribution in [1.29, 1.82) is 0 Å². The maximum Gasteiger partial charge on any atom is 0.322 e. The number of carboxylic acids is 1. The SMILES string of the molecule is CC(C)C(CN(C)C)NS(=O)(=O)N1CCCCC1C(=O)O. The van der Waals surface area contributed by atoms with Crippen molar-refractivity contribution in [3.8, 4) is 0 Å². The minimum Gasteiger partial charge on any atom is -0.480 e. The van der Waals surface area contributed by atoms with Crippen LogP contribution < -0.4 is 4.72 Å². The third kappa shape index (κ3) is 5.21. The lowest BCUT2D eigenvalue weighted by molar-refractivity contribution is -0.142. The lowest BCUT2D eigenvalue weighted by atomic mass is 10.1. The fourth-order valence-electron chi connectivity index (χ4n) is 2.48. The molecule has 1 fully saturated rings. The molecular weight excluding hydrogens is 294 g/mol. The molecule has 0 amide bonds. The van der Waals surface area contributed by atoms with E-state index in [0.29, 0.717) is 19.4 Å². The number of carboxylic acid groups (broad SMARTS) is 1. The highest BCUT2D eigenvalue weighted by Gasteiger charge is 2.38. The van der Waals surface area contributed by atoms with Crippen LogP contribution in [-0.2, 0) is 15.0 Å². The fraction of sp³-hybridized carbons (Fsp3) is 0.923. The van der Waals surface area contributed by atoms with E-state index in [2.05, 4.69) is 4.72 Å². The van der Waals surface area contributed by atoms with E-state index >= 15 is 0 Å². The summed E-state index contributed by atoms with van der Waals surface area (Å²) in [6.07, 6.45) is 1.81. The van der Waals surface area contributed by atoms with Crippen LogP contribution in [0.5, 0.6) is 0 Å². The van der Waals surface area contributed by atoms with Gasteiger partial charge < -0.3 is 10.0 Å². The highest BCUT2D eigenvalue weighted by Crippen LogP contribution is 2.20. The van der Waals surface area contributed by atoms with Crippen LogP contribution in [0.1, 0.15) is 33.1 Å². The normalized spacial score (nSPS) is 22.7. The van der Waals surface area contributed by atoms with Gasteiger partial charge in [-0.05, 0) is 39.3 Å². The van der Waals surface area contributed by atoms with Gasteiger partial charge in [-0.25, -0.2) is 0 Å². The molecule has 7 nitrogen and oxygen atoms in total. The van der Waals surface area contributed by atoms with E-state index in [4.69, 9.17) is 0 Å². The van der Waals surface area contributed by atoms with Gasteiger partial charge >= 0.3 is 5.97 Å². The molecule has 1 heterocycles. The summed E-state index contributed by atoms with van der Waals surface area (Å²) in [5, 5.41) is 9.22. The zero-order valence-corrected chi connectivity index (χ0v) is 14.1. The Morgan fingerprint density at radius 2 is 2.00 bits per heavy atom. The number of aliphatic carboxylic acids is 1. The molecule has 2 atom stereocenters. The number of nitrogens with one attached hydrogen (secondary N) is 1. The monoisotopic (exact) mass is 321 g/mol. The van der Waals surface area contributed by atoms with Crippen LogP contribution in [-0.4, -0.2) is 68.0 Å². The van der Waals surface area contributed by atoms with Crippen LogP contribution in [0.3, 0.4) is 0 Å². The summed E-state index contributed by atoms with van der Waals surface area (Å²) in [5.41, 5.74) is 0. The van der Waals surface area contributed by atoms with Gasteiger partial charge in [0.1, 0.15) is 6.04 Å². The number of piperidine rings is 1. The first-order valence-corrected chi connectivity index (χ1v) is 8.75. The highest BCUT2D eigenvalue weighted by molar-refractivity contribution is 7.87. The van der Waals surface area contributed by atoms with E-state index in [1.165, 1.54) is 0 Å². The van der Waals surface area contributed by atoms with Crippen molar-refractivity contribution in [2.45, 2.75) is 45.2 Å². The van der Waals surface area contributed by atoms with Crippen LogP contribution in [0.2, 0.25) is 0 Å². The minimum absolute atomic E-state index is 0.121. The average Bonchev–Trinajstić information content (AvgIpc) is 2.37.